The lowest BCUT2D eigenvalue weighted by Gasteiger charge is -2.22. The van der Waals surface area contributed by atoms with Crippen molar-refractivity contribution >= 4 is 28.0 Å². The summed E-state index contributed by atoms with van der Waals surface area (Å²) >= 11 is 3.03. The Hall–Kier alpha value is -1.79. The first-order valence-electron chi connectivity index (χ1n) is 7.18. The summed E-state index contributed by atoms with van der Waals surface area (Å²) in [5.74, 6) is -0.781. The second-order valence-corrected chi connectivity index (χ2v) is 5.70. The quantitative estimate of drug-likeness (QED) is 0.482. The fourth-order valence-corrected chi connectivity index (χ4v) is 2.69. The van der Waals surface area contributed by atoms with E-state index >= 15 is 0 Å². The van der Waals surface area contributed by atoms with E-state index in [2.05, 4.69) is 25.7 Å². The number of carbonyl (C=O) groups excluding carboxylic acids is 1. The van der Waals surface area contributed by atoms with Crippen molar-refractivity contribution in [3.8, 4) is 0 Å². The Morgan fingerprint density at radius 1 is 1.52 bits per heavy atom. The molecule has 0 bridgehead atoms. The number of esters is 1. The van der Waals surface area contributed by atoms with Crippen LogP contribution in [0.5, 0.6) is 0 Å². The van der Waals surface area contributed by atoms with E-state index in [1.54, 1.807) is 0 Å². The van der Waals surface area contributed by atoms with E-state index < -0.39 is 48.4 Å². The van der Waals surface area contributed by atoms with E-state index in [0.717, 1.165) is 4.57 Å². The number of aliphatic hydroxyl groups is 2. The van der Waals surface area contributed by atoms with Crippen molar-refractivity contribution in [3.63, 3.8) is 0 Å². The Balaban J connectivity index is 2.43. The summed E-state index contributed by atoms with van der Waals surface area (Å²) in [7, 11) is 1.29. The molecule has 1 aromatic rings. The maximum Gasteiger partial charge on any atom is 0.332 e. The molecule has 10 nitrogen and oxygen atoms in total. The van der Waals surface area contributed by atoms with Crippen molar-refractivity contribution in [2.45, 2.75) is 24.5 Å². The van der Waals surface area contributed by atoms with Crippen LogP contribution in [-0.4, -0.2) is 64.4 Å². The molecule has 138 valence electrons. The van der Waals surface area contributed by atoms with Crippen molar-refractivity contribution in [2.24, 2.45) is 0 Å². The summed E-state index contributed by atoms with van der Waals surface area (Å²) in [6, 6.07) is 0. The van der Waals surface area contributed by atoms with Gasteiger partial charge in [-0.25, -0.2) is 9.59 Å². The molecule has 1 aliphatic rings. The number of halogens is 1. The number of aliphatic hydroxyl groups excluding tert-OH is 2. The van der Waals surface area contributed by atoms with E-state index in [-0.39, 0.29) is 12.2 Å². The predicted molar refractivity (Wildman–Crippen MR) is 88.0 cm³/mol. The van der Waals surface area contributed by atoms with Gasteiger partial charge in [0.1, 0.15) is 18.8 Å². The molecule has 11 heteroatoms. The topological polar surface area (TPSA) is 140 Å². The lowest BCUT2D eigenvalue weighted by molar-refractivity contribution is -0.163. The minimum absolute atomic E-state index is 0.129. The lowest BCUT2D eigenvalue weighted by Crippen LogP contribution is -2.41. The van der Waals surface area contributed by atoms with Crippen LogP contribution in [0.4, 0.5) is 0 Å². The fraction of sp³-hybridized carbons (Fsp3) is 0.500. The highest BCUT2D eigenvalue weighted by atomic mass is 79.9. The Morgan fingerprint density at radius 3 is 2.84 bits per heavy atom. The first-order chi connectivity index (χ1) is 11.9. The van der Waals surface area contributed by atoms with Crippen LogP contribution >= 0.6 is 15.9 Å². The normalized spacial score (nSPS) is 26.2. The number of H-pyrrole nitrogens is 1. The van der Waals surface area contributed by atoms with Crippen LogP contribution in [0.2, 0.25) is 0 Å². The molecule has 0 aromatic carbocycles. The summed E-state index contributed by atoms with van der Waals surface area (Å²) in [5, 5.41) is 19.5. The molecule has 0 saturated carbocycles. The summed E-state index contributed by atoms with van der Waals surface area (Å²) in [4.78, 5) is 39.1. The molecular formula is C14H17BrN2O8. The van der Waals surface area contributed by atoms with Crippen molar-refractivity contribution in [3.05, 3.63) is 37.6 Å². The van der Waals surface area contributed by atoms with Gasteiger partial charge in [0.25, 0.3) is 5.56 Å². The molecule has 25 heavy (non-hydrogen) atoms. The standard InChI is InChI=1S/C14H17BrN2O8/c1-23-6-9(19)25-11-10(20)8(5-18)24-13(11)17-4-7(2-3-15)12(21)16-14(17)22/h2-4,8,10-11,13,18,20H,5-6H2,1H3,(H,16,21,22)/b3-2+/t8-,10-,11+,13-/m1/s1. The summed E-state index contributed by atoms with van der Waals surface area (Å²) < 4.78 is 16.2. The molecule has 1 aliphatic heterocycles. The minimum atomic E-state index is -1.37. The van der Waals surface area contributed by atoms with E-state index in [1.807, 2.05) is 0 Å². The number of hydrogen-bond donors (Lipinski definition) is 3. The van der Waals surface area contributed by atoms with Gasteiger partial charge in [0.05, 0.1) is 12.2 Å². The average molecular weight is 421 g/mol. The Bertz CT molecular complexity index is 758. The monoisotopic (exact) mass is 420 g/mol. The molecule has 2 heterocycles. The van der Waals surface area contributed by atoms with Crippen LogP contribution in [0, 0.1) is 0 Å². The molecule has 0 unspecified atom stereocenters. The zero-order valence-electron chi connectivity index (χ0n) is 13.1. The van der Waals surface area contributed by atoms with Crippen LogP contribution in [0.1, 0.15) is 11.8 Å². The van der Waals surface area contributed by atoms with Crippen LogP contribution in [0.25, 0.3) is 6.08 Å². The number of ether oxygens (including phenoxy) is 3. The third-order valence-electron chi connectivity index (χ3n) is 3.53. The van der Waals surface area contributed by atoms with Gasteiger partial charge >= 0.3 is 11.7 Å². The maximum absolute atomic E-state index is 12.1. The van der Waals surface area contributed by atoms with Crippen LogP contribution in [0.3, 0.4) is 0 Å². The van der Waals surface area contributed by atoms with Crippen LogP contribution < -0.4 is 11.2 Å². The molecule has 4 atom stereocenters. The maximum atomic E-state index is 12.1. The van der Waals surface area contributed by atoms with Gasteiger partial charge in [0.2, 0.25) is 0 Å². The highest BCUT2D eigenvalue weighted by Crippen LogP contribution is 2.31. The van der Waals surface area contributed by atoms with Gasteiger partial charge in [-0.3, -0.25) is 14.3 Å². The molecule has 1 aromatic heterocycles. The summed E-state index contributed by atoms with van der Waals surface area (Å²) in [6.07, 6.45) is -2.35. The Kier molecular flexibility index (Phi) is 6.67. The van der Waals surface area contributed by atoms with Gasteiger partial charge in [-0.05, 0) is 11.1 Å². The van der Waals surface area contributed by atoms with Crippen molar-refractivity contribution in [1.29, 1.82) is 0 Å². The van der Waals surface area contributed by atoms with Gasteiger partial charge in [-0.1, -0.05) is 15.9 Å². The summed E-state index contributed by atoms with van der Waals surface area (Å²) in [6.45, 7) is -0.917. The van der Waals surface area contributed by atoms with Gasteiger partial charge in [-0.15, -0.1) is 0 Å². The van der Waals surface area contributed by atoms with Crippen LogP contribution in [-0.2, 0) is 19.0 Å². The molecule has 0 spiro atoms. The molecule has 0 radical (unpaired) electrons. The Morgan fingerprint density at radius 2 is 2.24 bits per heavy atom. The van der Waals surface area contributed by atoms with E-state index in [4.69, 9.17) is 9.47 Å². The van der Waals surface area contributed by atoms with Crippen molar-refractivity contribution < 1.29 is 29.2 Å². The zero-order valence-corrected chi connectivity index (χ0v) is 14.7. The minimum Gasteiger partial charge on any atom is -0.453 e. The number of carbonyl (C=O) groups is 1. The van der Waals surface area contributed by atoms with Crippen molar-refractivity contribution in [2.75, 3.05) is 20.3 Å². The summed E-state index contributed by atoms with van der Waals surface area (Å²) in [5.41, 5.74) is -1.31. The first kappa shape index (κ1) is 19.5. The van der Waals surface area contributed by atoms with E-state index in [0.29, 0.717) is 0 Å². The number of aromatic nitrogens is 2. The zero-order chi connectivity index (χ0) is 18.6. The predicted octanol–water partition coefficient (Wildman–Crippen LogP) is -1.29. The number of nitrogens with zero attached hydrogens (tertiary/aromatic N) is 1. The van der Waals surface area contributed by atoms with Crippen molar-refractivity contribution in [1.82, 2.24) is 9.55 Å². The SMILES string of the molecule is COCC(=O)O[C@H]1[C@H](O)[C@@H](CO)O[C@H]1n1cc(/C=C/Br)c(=O)[nH]c1=O. The molecule has 3 N–H and O–H groups in total. The molecule has 2 rings (SSSR count). The van der Waals surface area contributed by atoms with Gasteiger partial charge < -0.3 is 24.4 Å². The number of rotatable bonds is 6. The molecule has 0 aliphatic carbocycles. The van der Waals surface area contributed by atoms with Crippen LogP contribution in [0.15, 0.2) is 20.8 Å². The second kappa shape index (κ2) is 8.54. The third kappa shape index (κ3) is 4.25. The molecule has 0 amide bonds. The number of nitrogens with one attached hydrogen (secondary N) is 1. The number of methoxy groups -OCH3 is 1. The fourth-order valence-electron chi connectivity index (χ4n) is 2.40. The highest BCUT2D eigenvalue weighted by Gasteiger charge is 2.47. The lowest BCUT2D eigenvalue weighted by atomic mass is 10.1. The average Bonchev–Trinajstić information content (AvgIpc) is 2.87. The largest absolute Gasteiger partial charge is 0.453 e. The smallest absolute Gasteiger partial charge is 0.332 e. The van der Waals surface area contributed by atoms with E-state index in [1.165, 1.54) is 24.4 Å². The third-order valence-corrected chi connectivity index (χ3v) is 3.80. The van der Waals surface area contributed by atoms with E-state index in [9.17, 15) is 24.6 Å². The molecular weight excluding hydrogens is 404 g/mol. The highest BCUT2D eigenvalue weighted by molar-refractivity contribution is 9.11. The van der Waals surface area contributed by atoms with Gasteiger partial charge in [0, 0.05) is 13.3 Å². The Labute approximate surface area is 149 Å². The molecule has 1 fully saturated rings. The van der Waals surface area contributed by atoms with Gasteiger partial charge in [-0.2, -0.15) is 0 Å². The molecule has 1 saturated heterocycles. The van der Waals surface area contributed by atoms with Gasteiger partial charge in [0.15, 0.2) is 12.3 Å². The first-order valence-corrected chi connectivity index (χ1v) is 8.09. The number of hydrogen-bond acceptors (Lipinski definition) is 8. The number of aromatic amines is 1. The second-order valence-electron chi connectivity index (χ2n) is 5.17.